The fraction of sp³-hybridized carbons (Fsp3) is 0.481. The fourth-order valence-corrected chi connectivity index (χ4v) is 5.25. The Hall–Kier alpha value is -2.51. The Balaban J connectivity index is 1.38. The van der Waals surface area contributed by atoms with Crippen LogP contribution in [0.2, 0.25) is 0 Å². The van der Waals surface area contributed by atoms with Crippen molar-refractivity contribution in [2.45, 2.75) is 49.8 Å². The minimum atomic E-state index is -4.37. The first-order chi connectivity index (χ1) is 16.2. The molecule has 1 heterocycles. The van der Waals surface area contributed by atoms with E-state index in [-0.39, 0.29) is 11.3 Å². The van der Waals surface area contributed by atoms with Crippen LogP contribution in [0.4, 0.5) is 13.2 Å². The highest BCUT2D eigenvalue weighted by Gasteiger charge is 2.47. The van der Waals surface area contributed by atoms with Gasteiger partial charge in [-0.2, -0.15) is 13.2 Å². The third kappa shape index (κ3) is 5.10. The number of β-amino-alcohol motifs (C(OH)–C–C–N with tert-alkyl or cyclic N) is 1. The summed E-state index contributed by atoms with van der Waals surface area (Å²) in [4.78, 5) is 2.25. The number of alkyl halides is 3. The van der Waals surface area contributed by atoms with Gasteiger partial charge in [-0.25, -0.2) is 0 Å². The minimum Gasteiger partial charge on any atom is -0.496 e. The zero-order valence-electron chi connectivity index (χ0n) is 19.5. The largest absolute Gasteiger partial charge is 0.496 e. The van der Waals surface area contributed by atoms with E-state index in [2.05, 4.69) is 17.5 Å². The Kier molecular flexibility index (Phi) is 7.24. The van der Waals surface area contributed by atoms with E-state index in [4.69, 9.17) is 9.47 Å². The van der Waals surface area contributed by atoms with Crippen molar-refractivity contribution in [1.29, 1.82) is 0 Å². The Bertz CT molecular complexity index is 985. The number of ether oxygens (including phenoxy) is 2. The SMILES string of the molecule is C=C(Oc1ccc(C(F)(F)F)cc1)[C@H]1CCCN(C[C@H](O)C2(c3ccccc3OC)CCC2)C1. The second-order valence-corrected chi connectivity index (χ2v) is 9.42. The van der Waals surface area contributed by atoms with Gasteiger partial charge in [-0.15, -0.1) is 0 Å². The first kappa shape index (κ1) is 24.6. The van der Waals surface area contributed by atoms with Gasteiger partial charge in [0.1, 0.15) is 17.3 Å². The molecule has 0 radical (unpaired) electrons. The Morgan fingerprint density at radius 1 is 1.15 bits per heavy atom. The number of hydrogen-bond acceptors (Lipinski definition) is 4. The summed E-state index contributed by atoms with van der Waals surface area (Å²) < 4.78 is 49.8. The molecule has 2 aliphatic rings. The maximum Gasteiger partial charge on any atom is 0.416 e. The number of halogens is 3. The zero-order valence-corrected chi connectivity index (χ0v) is 19.5. The van der Waals surface area contributed by atoms with Crippen LogP contribution >= 0.6 is 0 Å². The molecule has 2 aromatic rings. The Morgan fingerprint density at radius 2 is 1.85 bits per heavy atom. The van der Waals surface area contributed by atoms with E-state index >= 15 is 0 Å². The number of benzene rings is 2. The van der Waals surface area contributed by atoms with E-state index in [1.54, 1.807) is 7.11 Å². The van der Waals surface area contributed by atoms with Gasteiger partial charge in [-0.1, -0.05) is 31.2 Å². The molecule has 0 aromatic heterocycles. The molecule has 2 atom stereocenters. The lowest BCUT2D eigenvalue weighted by molar-refractivity contribution is -0.137. The van der Waals surface area contributed by atoms with Crippen LogP contribution in [0.5, 0.6) is 11.5 Å². The van der Waals surface area contributed by atoms with Crippen molar-refractivity contribution in [1.82, 2.24) is 4.90 Å². The monoisotopic (exact) mass is 475 g/mol. The third-order valence-corrected chi connectivity index (χ3v) is 7.35. The molecular weight excluding hydrogens is 443 g/mol. The number of methoxy groups -OCH3 is 1. The van der Waals surface area contributed by atoms with Gasteiger partial charge in [0.15, 0.2) is 0 Å². The molecule has 1 saturated heterocycles. The van der Waals surface area contributed by atoms with Crippen LogP contribution in [0, 0.1) is 5.92 Å². The molecule has 1 aliphatic carbocycles. The molecule has 0 amide bonds. The lowest BCUT2D eigenvalue weighted by Gasteiger charge is -2.48. The van der Waals surface area contributed by atoms with Crippen molar-refractivity contribution in [2.75, 3.05) is 26.7 Å². The number of piperidine rings is 1. The molecule has 4 nitrogen and oxygen atoms in total. The van der Waals surface area contributed by atoms with Gasteiger partial charge < -0.3 is 19.5 Å². The maximum absolute atomic E-state index is 12.8. The van der Waals surface area contributed by atoms with Gasteiger partial charge >= 0.3 is 6.18 Å². The number of aliphatic hydroxyl groups excluding tert-OH is 1. The fourth-order valence-electron chi connectivity index (χ4n) is 5.25. The molecule has 2 aromatic carbocycles. The van der Waals surface area contributed by atoms with Gasteiger partial charge in [0.2, 0.25) is 0 Å². The zero-order chi connectivity index (χ0) is 24.3. The summed E-state index contributed by atoms with van der Waals surface area (Å²) in [6.07, 6.45) is -0.138. The maximum atomic E-state index is 12.8. The van der Waals surface area contributed by atoms with Crippen molar-refractivity contribution in [3.63, 3.8) is 0 Å². The quantitative estimate of drug-likeness (QED) is 0.490. The average molecular weight is 476 g/mol. The second kappa shape index (κ2) is 10.0. The standard InChI is InChI=1S/C27H32F3NO3/c1-19(34-22-12-10-21(11-13-22)27(28,29)30)20-7-5-16-31(17-20)18-25(32)26(14-6-15-26)23-8-3-4-9-24(23)33-2/h3-4,8-13,20,25,32H,1,5-7,14-18H2,2H3/t20-,25-/m0/s1. The normalized spacial score (nSPS) is 21.4. The summed E-state index contributed by atoms with van der Waals surface area (Å²) in [6.45, 7) is 6.17. The number of aliphatic hydroxyl groups is 1. The number of likely N-dealkylation sites (tertiary alicyclic amines) is 1. The summed E-state index contributed by atoms with van der Waals surface area (Å²) in [5, 5.41) is 11.4. The molecule has 184 valence electrons. The van der Waals surface area contributed by atoms with Crippen LogP contribution in [-0.4, -0.2) is 42.9 Å². The molecule has 0 unspecified atom stereocenters. The van der Waals surface area contributed by atoms with Crippen molar-refractivity contribution in [2.24, 2.45) is 5.92 Å². The topological polar surface area (TPSA) is 41.9 Å². The van der Waals surface area contributed by atoms with Crippen LogP contribution in [0.1, 0.15) is 43.2 Å². The summed E-state index contributed by atoms with van der Waals surface area (Å²) >= 11 is 0. The molecule has 1 aliphatic heterocycles. The molecule has 4 rings (SSSR count). The third-order valence-electron chi connectivity index (χ3n) is 7.35. The van der Waals surface area contributed by atoms with Gasteiger partial charge in [0.25, 0.3) is 0 Å². The average Bonchev–Trinajstić information content (AvgIpc) is 2.78. The molecule has 0 bridgehead atoms. The molecule has 7 heteroatoms. The van der Waals surface area contributed by atoms with Crippen molar-refractivity contribution in [3.05, 3.63) is 72.0 Å². The first-order valence-electron chi connectivity index (χ1n) is 11.8. The van der Waals surface area contributed by atoms with Crippen molar-refractivity contribution < 1.29 is 27.8 Å². The predicted octanol–water partition coefficient (Wildman–Crippen LogP) is 5.80. The summed E-state index contributed by atoms with van der Waals surface area (Å²) in [7, 11) is 1.66. The highest BCUT2D eigenvalue weighted by Crippen LogP contribution is 2.49. The van der Waals surface area contributed by atoms with Crippen LogP contribution in [0.15, 0.2) is 60.9 Å². The molecule has 1 N–H and O–H groups in total. The van der Waals surface area contributed by atoms with Gasteiger partial charge in [-0.05, 0) is 62.6 Å². The van der Waals surface area contributed by atoms with Crippen LogP contribution in [0.3, 0.4) is 0 Å². The molecule has 0 spiro atoms. The summed E-state index contributed by atoms with van der Waals surface area (Å²) in [6, 6.07) is 12.6. The highest BCUT2D eigenvalue weighted by atomic mass is 19.4. The van der Waals surface area contributed by atoms with E-state index in [1.165, 1.54) is 12.1 Å². The summed E-state index contributed by atoms with van der Waals surface area (Å²) in [5.74, 6) is 1.75. The molecule has 2 fully saturated rings. The van der Waals surface area contributed by atoms with Gasteiger partial charge in [-0.3, -0.25) is 0 Å². The van der Waals surface area contributed by atoms with E-state index in [0.29, 0.717) is 24.6 Å². The van der Waals surface area contributed by atoms with Crippen molar-refractivity contribution in [3.8, 4) is 11.5 Å². The smallest absolute Gasteiger partial charge is 0.416 e. The van der Waals surface area contributed by atoms with Crippen LogP contribution in [0.25, 0.3) is 0 Å². The van der Waals surface area contributed by atoms with E-state index in [0.717, 1.165) is 62.1 Å². The highest BCUT2D eigenvalue weighted by molar-refractivity contribution is 5.42. The number of nitrogens with zero attached hydrogens (tertiary/aromatic N) is 1. The first-order valence-corrected chi connectivity index (χ1v) is 11.8. The van der Waals surface area contributed by atoms with E-state index in [1.807, 2.05) is 18.2 Å². The van der Waals surface area contributed by atoms with E-state index < -0.39 is 17.8 Å². The summed E-state index contributed by atoms with van der Waals surface area (Å²) in [5.41, 5.74) is 0.0657. The number of hydrogen-bond donors (Lipinski definition) is 1. The van der Waals surface area contributed by atoms with Gasteiger partial charge in [0, 0.05) is 30.0 Å². The second-order valence-electron chi connectivity index (χ2n) is 9.42. The van der Waals surface area contributed by atoms with Crippen molar-refractivity contribution >= 4 is 0 Å². The molecular formula is C27H32F3NO3. The lowest BCUT2D eigenvalue weighted by Crippen LogP contribution is -2.52. The Morgan fingerprint density at radius 3 is 2.47 bits per heavy atom. The predicted molar refractivity (Wildman–Crippen MR) is 125 cm³/mol. The number of para-hydroxylation sites is 1. The Labute approximate surface area is 199 Å². The van der Waals surface area contributed by atoms with Crippen LogP contribution in [-0.2, 0) is 11.6 Å². The molecule has 34 heavy (non-hydrogen) atoms. The number of rotatable bonds is 8. The van der Waals surface area contributed by atoms with Gasteiger partial charge in [0.05, 0.1) is 18.8 Å². The van der Waals surface area contributed by atoms with Crippen LogP contribution < -0.4 is 9.47 Å². The minimum absolute atomic E-state index is 0.0480. The lowest BCUT2D eigenvalue weighted by atomic mass is 9.60. The van der Waals surface area contributed by atoms with E-state index in [9.17, 15) is 18.3 Å². The molecule has 1 saturated carbocycles.